The molecule has 0 aliphatic carbocycles. The number of hydrogen-bond acceptors (Lipinski definition) is 4. The lowest BCUT2D eigenvalue weighted by Gasteiger charge is -2.24. The van der Waals surface area contributed by atoms with E-state index in [4.69, 9.17) is 0 Å². The molecule has 162 valence electrons. The third-order valence-electron chi connectivity index (χ3n) is 5.19. The Kier molecular flexibility index (Phi) is 8.74. The van der Waals surface area contributed by atoms with Crippen LogP contribution >= 0.6 is 66.4 Å². The fourth-order valence-corrected chi connectivity index (χ4v) is 9.41. The van der Waals surface area contributed by atoms with Gasteiger partial charge in [-0.25, -0.2) is 0 Å². The van der Waals surface area contributed by atoms with Crippen LogP contribution < -0.4 is 21.2 Å². The minimum Gasteiger partial charge on any atom is -0.143 e. The van der Waals surface area contributed by atoms with E-state index >= 15 is 0 Å². The van der Waals surface area contributed by atoms with E-state index in [1.54, 1.807) is 0 Å². The molecular weight excluding hydrogens is 503 g/mol. The van der Waals surface area contributed by atoms with Gasteiger partial charge in [0.1, 0.15) is 0 Å². The molecule has 32 heavy (non-hydrogen) atoms. The average Bonchev–Trinajstić information content (AvgIpc) is 2.80. The van der Waals surface area contributed by atoms with Crippen LogP contribution in [-0.4, -0.2) is 12.3 Å². The molecule has 0 amide bonds. The van der Waals surface area contributed by atoms with Crippen molar-refractivity contribution in [1.29, 1.82) is 0 Å². The minimum atomic E-state index is -0.483. The lowest BCUT2D eigenvalue weighted by Crippen LogP contribution is -2.20. The van der Waals surface area contributed by atoms with E-state index in [-0.39, 0.29) is 0 Å². The van der Waals surface area contributed by atoms with Crippen LogP contribution in [0.25, 0.3) is 0 Å². The van der Waals surface area contributed by atoms with E-state index in [1.807, 2.05) is 0 Å². The molecular formula is C26H24P2S4. The highest BCUT2D eigenvalue weighted by molar-refractivity contribution is 7.81. The zero-order valence-corrected chi connectivity index (χ0v) is 22.7. The fraction of sp³-hybridized carbons (Fsp3) is 0.0769. The molecule has 0 atom stereocenters. The molecule has 0 aliphatic rings. The SMILES string of the molecule is Sc1ccc(P(CCP(c2ccc(S)cc2)c2ccc(S)cc2)c2ccc(S)cc2)cc1. The summed E-state index contributed by atoms with van der Waals surface area (Å²) >= 11 is 17.9. The largest absolute Gasteiger partial charge is 0.143 e. The Bertz CT molecular complexity index is 957. The van der Waals surface area contributed by atoms with Crippen LogP contribution in [0, 0.1) is 0 Å². The number of hydrogen-bond donors (Lipinski definition) is 4. The Morgan fingerprint density at radius 2 is 0.531 bits per heavy atom. The molecule has 4 aromatic carbocycles. The summed E-state index contributed by atoms with van der Waals surface area (Å²) < 4.78 is 0. The third kappa shape index (κ3) is 6.38. The maximum atomic E-state index is 4.49. The summed E-state index contributed by atoms with van der Waals surface area (Å²) in [6.45, 7) is 0. The third-order valence-corrected chi connectivity index (χ3v) is 11.8. The normalized spacial score (nSPS) is 11.3. The van der Waals surface area contributed by atoms with E-state index in [9.17, 15) is 0 Å². The van der Waals surface area contributed by atoms with Gasteiger partial charge in [0.15, 0.2) is 0 Å². The van der Waals surface area contributed by atoms with Gasteiger partial charge < -0.3 is 0 Å². The number of rotatable bonds is 7. The van der Waals surface area contributed by atoms with Gasteiger partial charge in [-0.2, -0.15) is 0 Å². The van der Waals surface area contributed by atoms with Crippen molar-refractivity contribution in [2.75, 3.05) is 12.3 Å². The van der Waals surface area contributed by atoms with E-state index in [0.717, 1.165) is 31.9 Å². The average molecular weight is 527 g/mol. The molecule has 0 bridgehead atoms. The second-order valence-corrected chi connectivity index (χ2v) is 14.1. The van der Waals surface area contributed by atoms with Crippen LogP contribution in [0.1, 0.15) is 0 Å². The highest BCUT2D eigenvalue weighted by Gasteiger charge is 2.19. The molecule has 0 radical (unpaired) electrons. The molecule has 0 saturated heterocycles. The molecule has 0 unspecified atom stereocenters. The van der Waals surface area contributed by atoms with Crippen molar-refractivity contribution in [2.45, 2.75) is 19.6 Å². The van der Waals surface area contributed by atoms with Gasteiger partial charge in [0, 0.05) is 19.6 Å². The molecule has 0 fully saturated rings. The van der Waals surface area contributed by atoms with Crippen molar-refractivity contribution in [1.82, 2.24) is 0 Å². The van der Waals surface area contributed by atoms with Crippen LogP contribution in [0.15, 0.2) is 117 Å². The van der Waals surface area contributed by atoms with Gasteiger partial charge in [-0.3, -0.25) is 0 Å². The van der Waals surface area contributed by atoms with Crippen molar-refractivity contribution in [3.8, 4) is 0 Å². The molecule has 6 heteroatoms. The number of thiol groups is 4. The second-order valence-electron chi connectivity index (χ2n) is 7.37. The maximum Gasteiger partial charge on any atom is 0.00404 e. The van der Waals surface area contributed by atoms with E-state index in [0.29, 0.717) is 0 Å². The van der Waals surface area contributed by atoms with Crippen molar-refractivity contribution in [2.24, 2.45) is 0 Å². The van der Waals surface area contributed by atoms with Crippen LogP contribution in [0.3, 0.4) is 0 Å². The summed E-state index contributed by atoms with van der Waals surface area (Å²) in [6.07, 6.45) is 2.23. The quantitative estimate of drug-likeness (QED) is 0.155. The van der Waals surface area contributed by atoms with Gasteiger partial charge in [0.2, 0.25) is 0 Å². The van der Waals surface area contributed by atoms with Crippen LogP contribution in [0.2, 0.25) is 0 Å². The Labute approximate surface area is 215 Å². The Morgan fingerprint density at radius 1 is 0.344 bits per heavy atom. The van der Waals surface area contributed by atoms with Crippen LogP contribution in [0.5, 0.6) is 0 Å². The zero-order chi connectivity index (χ0) is 22.5. The zero-order valence-electron chi connectivity index (χ0n) is 17.3. The lowest BCUT2D eigenvalue weighted by molar-refractivity contribution is 1.46. The fourth-order valence-electron chi connectivity index (χ4n) is 3.54. The van der Waals surface area contributed by atoms with Crippen molar-refractivity contribution >= 4 is 87.6 Å². The van der Waals surface area contributed by atoms with Gasteiger partial charge in [-0.15, -0.1) is 50.5 Å². The van der Waals surface area contributed by atoms with Gasteiger partial charge in [-0.1, -0.05) is 48.5 Å². The first-order valence-electron chi connectivity index (χ1n) is 10.2. The van der Waals surface area contributed by atoms with E-state index < -0.39 is 15.8 Å². The Balaban J connectivity index is 1.67. The van der Waals surface area contributed by atoms with Gasteiger partial charge in [-0.05, 0) is 97.9 Å². The Hall–Kier alpha value is -0.860. The van der Waals surface area contributed by atoms with Crippen LogP contribution in [-0.2, 0) is 0 Å². The molecule has 0 aromatic heterocycles. The summed E-state index contributed by atoms with van der Waals surface area (Å²) in [5, 5.41) is 5.54. The van der Waals surface area contributed by atoms with E-state index in [2.05, 4.69) is 148 Å². The highest BCUT2D eigenvalue weighted by Crippen LogP contribution is 2.41. The maximum absolute atomic E-state index is 4.49. The molecule has 0 heterocycles. The first-order chi connectivity index (χ1) is 15.5. The summed E-state index contributed by atoms with van der Waals surface area (Å²) in [5.74, 6) is 0. The topological polar surface area (TPSA) is 0 Å². The lowest BCUT2D eigenvalue weighted by atomic mass is 10.4. The summed E-state index contributed by atoms with van der Waals surface area (Å²) in [6, 6.07) is 34.6. The number of benzene rings is 4. The van der Waals surface area contributed by atoms with Gasteiger partial charge in [0.05, 0.1) is 0 Å². The first-order valence-corrected chi connectivity index (χ1v) is 15.0. The Morgan fingerprint density at radius 3 is 0.719 bits per heavy atom. The minimum absolute atomic E-state index is 0.483. The van der Waals surface area contributed by atoms with Crippen LogP contribution in [0.4, 0.5) is 0 Å². The van der Waals surface area contributed by atoms with Gasteiger partial charge in [0.25, 0.3) is 0 Å². The predicted octanol–water partition coefficient (Wildman–Crippen LogP) is 6.41. The molecule has 0 aliphatic heterocycles. The van der Waals surface area contributed by atoms with Crippen molar-refractivity contribution < 1.29 is 0 Å². The standard InChI is InChI=1S/C26H24P2S4/c29-23-9-1-19(2-10-23)27(20-3-11-24(30)12-4-20)17-18-28(21-5-13-25(31)14-6-21)22-7-15-26(32)16-8-22/h1-16,29-32H,17-18H2. The first kappa shape index (κ1) is 24.3. The molecule has 0 saturated carbocycles. The van der Waals surface area contributed by atoms with Crippen molar-refractivity contribution in [3.05, 3.63) is 97.1 Å². The molecule has 0 spiro atoms. The summed E-state index contributed by atoms with van der Waals surface area (Å²) in [4.78, 5) is 3.98. The van der Waals surface area contributed by atoms with Gasteiger partial charge >= 0.3 is 0 Å². The smallest absolute Gasteiger partial charge is 0.00404 e. The van der Waals surface area contributed by atoms with E-state index in [1.165, 1.54) is 21.2 Å². The molecule has 0 N–H and O–H groups in total. The molecule has 0 nitrogen and oxygen atoms in total. The molecule has 4 aromatic rings. The second kappa shape index (κ2) is 11.5. The predicted molar refractivity (Wildman–Crippen MR) is 157 cm³/mol. The highest BCUT2D eigenvalue weighted by atomic mass is 32.1. The summed E-state index contributed by atoms with van der Waals surface area (Å²) in [7, 11) is -0.966. The molecule has 4 rings (SSSR count). The monoisotopic (exact) mass is 526 g/mol. The van der Waals surface area contributed by atoms with Crippen molar-refractivity contribution in [3.63, 3.8) is 0 Å². The summed E-state index contributed by atoms with van der Waals surface area (Å²) in [5.41, 5.74) is 0.